The van der Waals surface area contributed by atoms with Crippen LogP contribution >= 0.6 is 11.8 Å². The third-order valence-corrected chi connectivity index (χ3v) is 1.70. The Balaban J connectivity index is 2.40. The van der Waals surface area contributed by atoms with E-state index >= 15 is 0 Å². The van der Waals surface area contributed by atoms with Crippen molar-refractivity contribution in [2.45, 2.75) is 6.92 Å². The summed E-state index contributed by atoms with van der Waals surface area (Å²) in [6.07, 6.45) is 1.81. The first-order valence-corrected chi connectivity index (χ1v) is 3.29. The van der Waals surface area contributed by atoms with E-state index in [0.29, 0.717) is 0 Å². The minimum absolute atomic E-state index is 0.877. The summed E-state index contributed by atoms with van der Waals surface area (Å²) in [6.45, 7) is 2.94. The van der Waals surface area contributed by atoms with Gasteiger partial charge in [0.2, 0.25) is 0 Å². The van der Waals surface area contributed by atoms with Crippen molar-refractivity contribution in [2.75, 3.05) is 12.4 Å². The molecule has 0 saturated carbocycles. The highest BCUT2D eigenvalue weighted by molar-refractivity contribution is 8.03. The number of hydrogen-bond donors (Lipinski definition) is 0. The average Bonchev–Trinajstić information content (AvgIpc) is 1.69. The van der Waals surface area contributed by atoms with E-state index in [1.807, 2.05) is 18.0 Å². The zero-order valence-electron chi connectivity index (χ0n) is 4.31. The van der Waals surface area contributed by atoms with Gasteiger partial charge in [0, 0.05) is 10.7 Å². The van der Waals surface area contributed by atoms with Gasteiger partial charge >= 0.3 is 0 Å². The van der Waals surface area contributed by atoms with Crippen molar-refractivity contribution in [1.82, 2.24) is 0 Å². The van der Waals surface area contributed by atoms with Crippen LogP contribution in [-0.2, 0) is 4.74 Å². The number of rotatable bonds is 0. The Morgan fingerprint density at radius 3 is 3.00 bits per heavy atom. The Hall–Kier alpha value is -0.110. The van der Waals surface area contributed by atoms with Gasteiger partial charge < -0.3 is 4.74 Å². The average molecular weight is 116 g/mol. The second kappa shape index (κ2) is 2.26. The Kier molecular flexibility index (Phi) is 1.63. The number of hydrogen-bond acceptors (Lipinski definition) is 2. The Labute approximate surface area is 47.7 Å². The van der Waals surface area contributed by atoms with Crippen molar-refractivity contribution in [3.05, 3.63) is 11.2 Å². The number of ether oxygens (including phenoxy) is 1. The van der Waals surface area contributed by atoms with Gasteiger partial charge in [-0.2, -0.15) is 0 Å². The molecule has 7 heavy (non-hydrogen) atoms. The van der Waals surface area contributed by atoms with Crippen molar-refractivity contribution in [1.29, 1.82) is 0 Å². The topological polar surface area (TPSA) is 9.23 Å². The van der Waals surface area contributed by atoms with Crippen molar-refractivity contribution >= 4 is 11.8 Å². The van der Waals surface area contributed by atoms with Gasteiger partial charge in [-0.05, 0) is 6.92 Å². The van der Waals surface area contributed by atoms with E-state index in [-0.39, 0.29) is 0 Å². The van der Waals surface area contributed by atoms with E-state index in [1.165, 1.54) is 4.91 Å². The van der Waals surface area contributed by atoms with Crippen LogP contribution < -0.4 is 0 Å². The van der Waals surface area contributed by atoms with Gasteiger partial charge in [0.1, 0.15) is 0 Å². The molecule has 2 heteroatoms. The second-order valence-electron chi connectivity index (χ2n) is 1.45. The van der Waals surface area contributed by atoms with Crippen LogP contribution in [-0.4, -0.2) is 12.4 Å². The fraction of sp³-hybridized carbons (Fsp3) is 0.600. The predicted molar refractivity (Wildman–Crippen MR) is 32.2 cm³/mol. The summed E-state index contributed by atoms with van der Waals surface area (Å²) in [7, 11) is 0. The van der Waals surface area contributed by atoms with Gasteiger partial charge in [-0.3, -0.25) is 0 Å². The SMILES string of the molecule is CC1=COCCS1. The molecule has 1 heterocycles. The molecule has 1 rings (SSSR count). The largest absolute Gasteiger partial charge is 0.500 e. The number of thioether (sulfide) groups is 1. The molecular weight excluding hydrogens is 108 g/mol. The van der Waals surface area contributed by atoms with Gasteiger partial charge in [0.25, 0.3) is 0 Å². The van der Waals surface area contributed by atoms with Gasteiger partial charge in [-0.15, -0.1) is 11.8 Å². The van der Waals surface area contributed by atoms with Crippen molar-refractivity contribution in [3.63, 3.8) is 0 Å². The highest BCUT2D eigenvalue weighted by atomic mass is 32.2. The first kappa shape index (κ1) is 5.04. The van der Waals surface area contributed by atoms with Gasteiger partial charge in [0.05, 0.1) is 12.9 Å². The highest BCUT2D eigenvalue weighted by Crippen LogP contribution is 2.17. The maximum Gasteiger partial charge on any atom is 0.0967 e. The predicted octanol–water partition coefficient (Wildman–Crippen LogP) is 1.61. The zero-order valence-corrected chi connectivity index (χ0v) is 5.12. The zero-order chi connectivity index (χ0) is 5.11. The summed E-state index contributed by atoms with van der Waals surface area (Å²) in [5.41, 5.74) is 0. The first-order valence-electron chi connectivity index (χ1n) is 2.31. The summed E-state index contributed by atoms with van der Waals surface area (Å²) < 4.78 is 5.00. The molecule has 1 nitrogen and oxygen atoms in total. The van der Waals surface area contributed by atoms with E-state index < -0.39 is 0 Å². The molecule has 0 fully saturated rings. The van der Waals surface area contributed by atoms with Crippen LogP contribution in [0.15, 0.2) is 11.2 Å². The van der Waals surface area contributed by atoms with Crippen LogP contribution in [0.5, 0.6) is 0 Å². The van der Waals surface area contributed by atoms with Gasteiger partial charge in [-0.25, -0.2) is 0 Å². The Morgan fingerprint density at radius 1 is 1.86 bits per heavy atom. The lowest BCUT2D eigenvalue weighted by Gasteiger charge is -2.07. The van der Waals surface area contributed by atoms with E-state index in [2.05, 4.69) is 6.92 Å². The van der Waals surface area contributed by atoms with Crippen LogP contribution in [0.25, 0.3) is 0 Å². The van der Waals surface area contributed by atoms with Crippen LogP contribution in [0, 0.1) is 0 Å². The molecule has 0 radical (unpaired) electrons. The quantitative estimate of drug-likeness (QED) is 0.475. The molecule has 1 aliphatic heterocycles. The first-order chi connectivity index (χ1) is 3.39. The molecule has 0 aliphatic carbocycles. The highest BCUT2D eigenvalue weighted by Gasteiger charge is 1.96. The summed E-state index contributed by atoms with van der Waals surface area (Å²) in [5.74, 6) is 1.11. The minimum Gasteiger partial charge on any atom is -0.500 e. The molecule has 1 aliphatic rings. The lowest BCUT2D eigenvalue weighted by molar-refractivity contribution is 0.268. The fourth-order valence-electron chi connectivity index (χ4n) is 0.461. The molecule has 0 N–H and O–H groups in total. The van der Waals surface area contributed by atoms with Crippen LogP contribution in [0.2, 0.25) is 0 Å². The van der Waals surface area contributed by atoms with Crippen molar-refractivity contribution in [3.8, 4) is 0 Å². The third kappa shape index (κ3) is 1.43. The van der Waals surface area contributed by atoms with Crippen LogP contribution in [0.4, 0.5) is 0 Å². The maximum absolute atomic E-state index is 5.00. The molecule has 40 valence electrons. The molecule has 0 aromatic carbocycles. The Bertz CT molecular complexity index is 88.1. The fourth-order valence-corrected chi connectivity index (χ4v) is 1.10. The summed E-state index contributed by atoms with van der Waals surface area (Å²) in [4.78, 5) is 1.28. The smallest absolute Gasteiger partial charge is 0.0967 e. The van der Waals surface area contributed by atoms with Crippen molar-refractivity contribution in [2.24, 2.45) is 0 Å². The maximum atomic E-state index is 5.00. The third-order valence-electron chi connectivity index (χ3n) is 0.780. The van der Waals surface area contributed by atoms with E-state index in [1.54, 1.807) is 0 Å². The number of allylic oxidation sites excluding steroid dienone is 1. The van der Waals surface area contributed by atoms with Crippen LogP contribution in [0.3, 0.4) is 0 Å². The van der Waals surface area contributed by atoms with E-state index in [9.17, 15) is 0 Å². The minimum atomic E-state index is 0.877. The van der Waals surface area contributed by atoms with E-state index in [4.69, 9.17) is 4.74 Å². The normalized spacial score (nSPS) is 20.4. The van der Waals surface area contributed by atoms with E-state index in [0.717, 1.165) is 12.4 Å². The summed E-state index contributed by atoms with van der Waals surface area (Å²) in [6, 6.07) is 0. The molecule has 0 aromatic rings. The second-order valence-corrected chi connectivity index (χ2v) is 2.79. The summed E-state index contributed by atoms with van der Waals surface area (Å²) >= 11 is 1.85. The molecule has 0 bridgehead atoms. The molecule has 0 aromatic heterocycles. The molecular formula is C5H8OS. The van der Waals surface area contributed by atoms with Crippen LogP contribution in [0.1, 0.15) is 6.92 Å². The molecule has 0 atom stereocenters. The Morgan fingerprint density at radius 2 is 2.71 bits per heavy atom. The standard InChI is InChI=1S/C5H8OS/c1-5-4-6-2-3-7-5/h4H,2-3H2,1H3. The molecule has 0 saturated heterocycles. The van der Waals surface area contributed by atoms with Gasteiger partial charge in [0.15, 0.2) is 0 Å². The molecule has 0 spiro atoms. The van der Waals surface area contributed by atoms with Crippen molar-refractivity contribution < 1.29 is 4.74 Å². The molecule has 0 amide bonds. The summed E-state index contributed by atoms with van der Waals surface area (Å²) in [5, 5.41) is 0. The monoisotopic (exact) mass is 116 g/mol. The lowest BCUT2D eigenvalue weighted by Crippen LogP contribution is -1.96. The molecule has 0 unspecified atom stereocenters. The van der Waals surface area contributed by atoms with Gasteiger partial charge in [-0.1, -0.05) is 0 Å². The lowest BCUT2D eigenvalue weighted by atomic mass is 10.7.